The van der Waals surface area contributed by atoms with Crippen molar-refractivity contribution < 1.29 is 14.3 Å². The van der Waals surface area contributed by atoms with Crippen molar-refractivity contribution in [2.45, 2.75) is 18.7 Å². The number of benzene rings is 3. The standard InChI is InChI=1S/C25H23N3O3S/c1-18(29)17-32-25-27-26-24(28(25)21-13-7-9-15-23(21)30-2)16-31-22-14-8-6-12-20(22)19-10-4-3-5-11-19/h3-15H,16-17H2,1-2H3. The van der Waals surface area contributed by atoms with E-state index in [0.717, 1.165) is 22.6 Å². The molecule has 7 heteroatoms. The minimum absolute atomic E-state index is 0.0687. The van der Waals surface area contributed by atoms with Crippen LogP contribution in [0.25, 0.3) is 16.8 Å². The van der Waals surface area contributed by atoms with Crippen LogP contribution in [-0.4, -0.2) is 33.4 Å². The summed E-state index contributed by atoms with van der Waals surface area (Å²) in [6.45, 7) is 1.76. The summed E-state index contributed by atoms with van der Waals surface area (Å²) in [4.78, 5) is 11.6. The molecule has 32 heavy (non-hydrogen) atoms. The van der Waals surface area contributed by atoms with Gasteiger partial charge in [0, 0.05) is 5.56 Å². The Hall–Kier alpha value is -3.58. The molecule has 0 saturated heterocycles. The normalized spacial score (nSPS) is 10.7. The molecule has 162 valence electrons. The number of para-hydroxylation sites is 3. The number of Topliss-reactive ketones (excluding diaryl/α,β-unsaturated/α-hetero) is 1. The molecule has 0 bridgehead atoms. The summed E-state index contributed by atoms with van der Waals surface area (Å²) in [6.07, 6.45) is 0. The Balaban J connectivity index is 1.67. The Kier molecular flexibility index (Phi) is 6.87. The first kappa shape index (κ1) is 21.6. The number of rotatable bonds is 9. The first-order chi connectivity index (χ1) is 15.7. The van der Waals surface area contributed by atoms with E-state index < -0.39 is 0 Å². The Labute approximate surface area is 191 Å². The molecule has 0 spiro atoms. The van der Waals surface area contributed by atoms with Gasteiger partial charge in [0.2, 0.25) is 0 Å². The van der Waals surface area contributed by atoms with Crippen LogP contribution < -0.4 is 9.47 Å². The lowest BCUT2D eigenvalue weighted by Crippen LogP contribution is -2.09. The summed E-state index contributed by atoms with van der Waals surface area (Å²) in [6, 6.07) is 25.6. The van der Waals surface area contributed by atoms with Gasteiger partial charge in [-0.05, 0) is 30.7 Å². The van der Waals surface area contributed by atoms with Gasteiger partial charge in [0.1, 0.15) is 23.9 Å². The van der Waals surface area contributed by atoms with Crippen LogP contribution in [0.3, 0.4) is 0 Å². The van der Waals surface area contributed by atoms with Gasteiger partial charge >= 0.3 is 0 Å². The van der Waals surface area contributed by atoms with Crippen molar-refractivity contribution in [1.29, 1.82) is 0 Å². The zero-order valence-electron chi connectivity index (χ0n) is 17.9. The second-order valence-electron chi connectivity index (χ2n) is 7.05. The van der Waals surface area contributed by atoms with Crippen molar-refractivity contribution in [3.05, 3.63) is 84.7 Å². The van der Waals surface area contributed by atoms with Crippen LogP contribution in [0.15, 0.2) is 84.0 Å². The number of aromatic nitrogens is 3. The highest BCUT2D eigenvalue weighted by molar-refractivity contribution is 7.99. The lowest BCUT2D eigenvalue weighted by molar-refractivity contribution is -0.114. The number of hydrogen-bond acceptors (Lipinski definition) is 6. The minimum atomic E-state index is 0.0687. The van der Waals surface area contributed by atoms with Crippen LogP contribution >= 0.6 is 11.8 Å². The Morgan fingerprint density at radius 3 is 2.34 bits per heavy atom. The van der Waals surface area contributed by atoms with E-state index in [4.69, 9.17) is 9.47 Å². The minimum Gasteiger partial charge on any atom is -0.495 e. The van der Waals surface area contributed by atoms with Crippen molar-refractivity contribution >= 4 is 17.5 Å². The molecule has 3 aromatic carbocycles. The van der Waals surface area contributed by atoms with Gasteiger partial charge in [-0.3, -0.25) is 9.36 Å². The van der Waals surface area contributed by atoms with Gasteiger partial charge < -0.3 is 9.47 Å². The van der Waals surface area contributed by atoms with Crippen molar-refractivity contribution in [2.24, 2.45) is 0 Å². The van der Waals surface area contributed by atoms with E-state index in [1.54, 1.807) is 14.0 Å². The van der Waals surface area contributed by atoms with Crippen molar-refractivity contribution in [2.75, 3.05) is 12.9 Å². The molecule has 4 rings (SSSR count). The van der Waals surface area contributed by atoms with Gasteiger partial charge in [0.25, 0.3) is 0 Å². The third kappa shape index (κ3) is 4.84. The lowest BCUT2D eigenvalue weighted by Gasteiger charge is -2.15. The highest BCUT2D eigenvalue weighted by Gasteiger charge is 2.19. The number of methoxy groups -OCH3 is 1. The van der Waals surface area contributed by atoms with E-state index in [-0.39, 0.29) is 12.4 Å². The van der Waals surface area contributed by atoms with Gasteiger partial charge in [-0.2, -0.15) is 0 Å². The topological polar surface area (TPSA) is 66.2 Å². The van der Waals surface area contributed by atoms with E-state index in [1.165, 1.54) is 11.8 Å². The zero-order chi connectivity index (χ0) is 22.3. The van der Waals surface area contributed by atoms with E-state index in [0.29, 0.717) is 22.5 Å². The highest BCUT2D eigenvalue weighted by atomic mass is 32.2. The van der Waals surface area contributed by atoms with Crippen molar-refractivity contribution in [3.8, 4) is 28.3 Å². The summed E-state index contributed by atoms with van der Waals surface area (Å²) in [5.74, 6) is 2.43. The van der Waals surface area contributed by atoms with E-state index in [9.17, 15) is 4.79 Å². The summed E-state index contributed by atoms with van der Waals surface area (Å²) in [5.41, 5.74) is 2.87. The maximum absolute atomic E-state index is 11.6. The van der Waals surface area contributed by atoms with Crippen LogP contribution in [0.4, 0.5) is 0 Å². The van der Waals surface area contributed by atoms with Gasteiger partial charge in [0.05, 0.1) is 18.6 Å². The van der Waals surface area contributed by atoms with E-state index in [1.807, 2.05) is 71.3 Å². The molecule has 1 heterocycles. The predicted octanol–water partition coefficient (Wildman–Crippen LogP) is 5.20. The molecule has 0 unspecified atom stereocenters. The number of ketones is 1. The van der Waals surface area contributed by atoms with E-state index in [2.05, 4.69) is 22.3 Å². The van der Waals surface area contributed by atoms with Gasteiger partial charge in [-0.25, -0.2) is 0 Å². The Morgan fingerprint density at radius 2 is 1.59 bits per heavy atom. The monoisotopic (exact) mass is 445 g/mol. The fraction of sp³-hybridized carbons (Fsp3) is 0.160. The Morgan fingerprint density at radius 1 is 0.906 bits per heavy atom. The first-order valence-electron chi connectivity index (χ1n) is 10.1. The second kappa shape index (κ2) is 10.2. The maximum atomic E-state index is 11.6. The summed E-state index contributed by atoms with van der Waals surface area (Å²) in [5, 5.41) is 9.30. The summed E-state index contributed by atoms with van der Waals surface area (Å²) < 4.78 is 13.6. The van der Waals surface area contributed by atoms with Crippen LogP contribution in [0, 0.1) is 0 Å². The molecule has 0 aliphatic heterocycles. The molecule has 0 amide bonds. The molecule has 0 aliphatic carbocycles. The number of carbonyl (C=O) groups excluding carboxylic acids is 1. The van der Waals surface area contributed by atoms with Gasteiger partial charge in [-0.1, -0.05) is 72.4 Å². The number of nitrogens with zero attached hydrogens (tertiary/aromatic N) is 3. The first-order valence-corrected chi connectivity index (χ1v) is 11.1. The molecule has 0 atom stereocenters. The maximum Gasteiger partial charge on any atom is 0.196 e. The van der Waals surface area contributed by atoms with Crippen LogP contribution in [0.1, 0.15) is 12.7 Å². The third-order valence-corrected chi connectivity index (χ3v) is 5.83. The lowest BCUT2D eigenvalue weighted by atomic mass is 10.1. The fourth-order valence-electron chi connectivity index (χ4n) is 3.30. The molecule has 0 aliphatic rings. The average molecular weight is 446 g/mol. The molecule has 0 saturated carbocycles. The fourth-order valence-corrected chi connectivity index (χ4v) is 4.06. The third-order valence-electron chi connectivity index (χ3n) is 4.76. The SMILES string of the molecule is COc1ccccc1-n1c(COc2ccccc2-c2ccccc2)nnc1SCC(C)=O. The number of hydrogen-bond donors (Lipinski definition) is 0. The Bertz CT molecular complexity index is 1210. The number of ether oxygens (including phenoxy) is 2. The molecular formula is C25H23N3O3S. The number of thioether (sulfide) groups is 1. The largest absolute Gasteiger partial charge is 0.495 e. The average Bonchev–Trinajstić information content (AvgIpc) is 3.24. The highest BCUT2D eigenvalue weighted by Crippen LogP contribution is 2.32. The van der Waals surface area contributed by atoms with Gasteiger partial charge in [0.15, 0.2) is 11.0 Å². The molecule has 6 nitrogen and oxygen atoms in total. The molecule has 1 aromatic heterocycles. The zero-order valence-corrected chi connectivity index (χ0v) is 18.7. The predicted molar refractivity (Wildman–Crippen MR) is 126 cm³/mol. The van der Waals surface area contributed by atoms with Crippen molar-refractivity contribution in [1.82, 2.24) is 14.8 Å². The molecule has 4 aromatic rings. The summed E-state index contributed by atoms with van der Waals surface area (Å²) in [7, 11) is 1.62. The van der Waals surface area contributed by atoms with Crippen molar-refractivity contribution in [3.63, 3.8) is 0 Å². The second-order valence-corrected chi connectivity index (χ2v) is 7.99. The van der Waals surface area contributed by atoms with Crippen LogP contribution in [0.2, 0.25) is 0 Å². The van der Waals surface area contributed by atoms with Gasteiger partial charge in [-0.15, -0.1) is 10.2 Å². The van der Waals surface area contributed by atoms with E-state index >= 15 is 0 Å². The molecule has 0 fully saturated rings. The smallest absolute Gasteiger partial charge is 0.196 e. The van der Waals surface area contributed by atoms with Crippen LogP contribution in [-0.2, 0) is 11.4 Å². The van der Waals surface area contributed by atoms with Crippen LogP contribution in [0.5, 0.6) is 11.5 Å². The molecule has 0 N–H and O–H groups in total. The summed E-state index contributed by atoms with van der Waals surface area (Å²) >= 11 is 1.34. The number of carbonyl (C=O) groups is 1. The molecular weight excluding hydrogens is 422 g/mol. The quantitative estimate of drug-likeness (QED) is 0.330. The molecule has 0 radical (unpaired) electrons.